The van der Waals surface area contributed by atoms with Gasteiger partial charge in [0.05, 0.1) is 7.11 Å². The van der Waals surface area contributed by atoms with E-state index in [0.717, 1.165) is 19.3 Å². The van der Waals surface area contributed by atoms with Gasteiger partial charge in [0.25, 0.3) is 0 Å². The number of likely N-dealkylation sites (N-methyl/N-ethyl adjacent to an activating group) is 1. The third-order valence-corrected chi connectivity index (χ3v) is 2.03. The average molecular weight is 216 g/mol. The number of guanidine groups is 1. The van der Waals surface area contributed by atoms with Crippen LogP contribution < -0.4 is 16.8 Å². The van der Waals surface area contributed by atoms with Gasteiger partial charge in [-0.2, -0.15) is 0 Å². The summed E-state index contributed by atoms with van der Waals surface area (Å²) < 4.78 is 4.63. The molecule has 0 saturated carbocycles. The number of nitrogens with one attached hydrogen (secondary N) is 1. The molecule has 5 N–H and O–H groups in total. The summed E-state index contributed by atoms with van der Waals surface area (Å²) in [6.07, 6.45) is 2.45. The Hall–Kier alpha value is -1.30. The van der Waals surface area contributed by atoms with Crippen LogP contribution in [0.1, 0.15) is 19.3 Å². The molecule has 0 rings (SSSR count). The zero-order valence-electron chi connectivity index (χ0n) is 9.32. The van der Waals surface area contributed by atoms with Gasteiger partial charge in [-0.25, -0.2) is 0 Å². The maximum atomic E-state index is 11.2. The van der Waals surface area contributed by atoms with Gasteiger partial charge in [0, 0.05) is 6.54 Å². The van der Waals surface area contributed by atoms with Crippen LogP contribution >= 0.6 is 0 Å². The number of hydrogen-bond acceptors (Lipinski definition) is 4. The number of aliphatic imine (C=N–C) groups is 1. The van der Waals surface area contributed by atoms with Crippen molar-refractivity contribution in [3.8, 4) is 0 Å². The predicted octanol–water partition coefficient (Wildman–Crippen LogP) is -0.809. The van der Waals surface area contributed by atoms with Gasteiger partial charge in [0.1, 0.15) is 6.04 Å². The van der Waals surface area contributed by atoms with Crippen LogP contribution in [0.15, 0.2) is 4.99 Å². The molecule has 6 nitrogen and oxygen atoms in total. The normalized spacial score (nSPS) is 11.9. The summed E-state index contributed by atoms with van der Waals surface area (Å²) in [4.78, 5) is 15.0. The molecule has 0 heterocycles. The van der Waals surface area contributed by atoms with Crippen molar-refractivity contribution in [3.05, 3.63) is 0 Å². The first-order chi connectivity index (χ1) is 7.11. The average Bonchev–Trinajstić information content (AvgIpc) is 2.22. The number of hydrogen-bond donors (Lipinski definition) is 3. The van der Waals surface area contributed by atoms with Gasteiger partial charge in [-0.15, -0.1) is 0 Å². The van der Waals surface area contributed by atoms with Crippen LogP contribution in [-0.4, -0.2) is 38.7 Å². The van der Waals surface area contributed by atoms with Crippen LogP contribution in [0.4, 0.5) is 0 Å². The van der Waals surface area contributed by atoms with Crippen molar-refractivity contribution in [2.45, 2.75) is 25.3 Å². The van der Waals surface area contributed by atoms with Crippen molar-refractivity contribution in [1.29, 1.82) is 0 Å². The van der Waals surface area contributed by atoms with Crippen LogP contribution in [0.25, 0.3) is 0 Å². The Morgan fingerprint density at radius 1 is 1.47 bits per heavy atom. The van der Waals surface area contributed by atoms with Crippen molar-refractivity contribution in [2.24, 2.45) is 16.5 Å². The molecule has 88 valence electrons. The first kappa shape index (κ1) is 13.7. The largest absolute Gasteiger partial charge is 0.468 e. The molecular weight excluding hydrogens is 196 g/mol. The fourth-order valence-corrected chi connectivity index (χ4v) is 1.19. The van der Waals surface area contributed by atoms with Crippen LogP contribution in [0.2, 0.25) is 0 Å². The van der Waals surface area contributed by atoms with Crippen molar-refractivity contribution >= 4 is 11.9 Å². The minimum Gasteiger partial charge on any atom is -0.468 e. The molecule has 0 aliphatic heterocycles. The summed E-state index contributed by atoms with van der Waals surface area (Å²) in [5.41, 5.74) is 10.3. The number of nitrogens with two attached hydrogens (primary N) is 2. The highest BCUT2D eigenvalue weighted by atomic mass is 16.5. The molecule has 0 fully saturated rings. The van der Waals surface area contributed by atoms with Crippen LogP contribution in [0, 0.1) is 0 Å². The maximum Gasteiger partial charge on any atom is 0.322 e. The lowest BCUT2D eigenvalue weighted by molar-refractivity contribution is -0.143. The van der Waals surface area contributed by atoms with E-state index < -0.39 is 0 Å². The molecule has 15 heavy (non-hydrogen) atoms. The molecule has 0 radical (unpaired) electrons. The highest BCUT2D eigenvalue weighted by Gasteiger charge is 2.15. The molecule has 0 saturated heterocycles. The lowest BCUT2D eigenvalue weighted by Gasteiger charge is -2.12. The SMILES string of the molecule is CN[C@@H](CCCCN=C(N)N)C(=O)OC. The zero-order valence-corrected chi connectivity index (χ0v) is 9.32. The second kappa shape index (κ2) is 8.05. The summed E-state index contributed by atoms with van der Waals surface area (Å²) in [5, 5.41) is 2.89. The molecule has 0 bridgehead atoms. The van der Waals surface area contributed by atoms with E-state index in [1.54, 1.807) is 7.05 Å². The van der Waals surface area contributed by atoms with Crippen molar-refractivity contribution in [2.75, 3.05) is 20.7 Å². The molecule has 0 unspecified atom stereocenters. The zero-order chi connectivity index (χ0) is 11.7. The second-order valence-corrected chi connectivity index (χ2v) is 3.17. The van der Waals surface area contributed by atoms with Crippen molar-refractivity contribution in [3.63, 3.8) is 0 Å². The van der Waals surface area contributed by atoms with E-state index in [4.69, 9.17) is 11.5 Å². The third kappa shape index (κ3) is 6.73. The van der Waals surface area contributed by atoms with Gasteiger partial charge in [0.15, 0.2) is 5.96 Å². The quantitative estimate of drug-likeness (QED) is 0.223. The highest BCUT2D eigenvalue weighted by Crippen LogP contribution is 2.02. The van der Waals surface area contributed by atoms with Gasteiger partial charge in [0.2, 0.25) is 0 Å². The van der Waals surface area contributed by atoms with E-state index in [0.29, 0.717) is 6.54 Å². The number of methoxy groups -OCH3 is 1. The van der Waals surface area contributed by atoms with E-state index in [9.17, 15) is 4.79 Å². The van der Waals surface area contributed by atoms with E-state index in [1.807, 2.05) is 0 Å². The second-order valence-electron chi connectivity index (χ2n) is 3.17. The van der Waals surface area contributed by atoms with Crippen LogP contribution in [0.3, 0.4) is 0 Å². The fourth-order valence-electron chi connectivity index (χ4n) is 1.19. The summed E-state index contributed by atoms with van der Waals surface area (Å²) >= 11 is 0. The number of ether oxygens (including phenoxy) is 1. The Balaban J connectivity index is 3.64. The topological polar surface area (TPSA) is 103 Å². The molecule has 0 amide bonds. The Morgan fingerprint density at radius 2 is 2.13 bits per heavy atom. The summed E-state index contributed by atoms with van der Waals surface area (Å²) in [7, 11) is 3.11. The Labute approximate surface area is 90.1 Å². The third-order valence-electron chi connectivity index (χ3n) is 2.03. The van der Waals surface area contributed by atoms with E-state index in [2.05, 4.69) is 15.0 Å². The summed E-state index contributed by atoms with van der Waals surface area (Å²) in [6.45, 7) is 0.597. The standard InChI is InChI=1S/C9H20N4O2/c1-12-7(8(14)15-2)5-3-4-6-13-9(10)11/h7,12H,3-6H2,1-2H3,(H4,10,11,13)/t7-/m0/s1. The smallest absolute Gasteiger partial charge is 0.322 e. The minimum absolute atomic E-state index is 0.105. The molecule has 0 aliphatic carbocycles. The first-order valence-corrected chi connectivity index (χ1v) is 4.92. The fraction of sp³-hybridized carbons (Fsp3) is 0.778. The Bertz CT molecular complexity index is 214. The molecule has 1 atom stereocenters. The molecule has 0 aliphatic rings. The highest BCUT2D eigenvalue weighted by molar-refractivity contribution is 5.75. The molecule has 0 aromatic carbocycles. The molecule has 6 heteroatoms. The molecule has 0 aromatic rings. The van der Waals surface area contributed by atoms with Gasteiger partial charge in [-0.3, -0.25) is 9.79 Å². The number of nitrogens with zero attached hydrogens (tertiary/aromatic N) is 1. The predicted molar refractivity (Wildman–Crippen MR) is 59.4 cm³/mol. The lowest BCUT2D eigenvalue weighted by Crippen LogP contribution is -2.34. The lowest BCUT2D eigenvalue weighted by atomic mass is 10.1. The molecule has 0 aromatic heterocycles. The first-order valence-electron chi connectivity index (χ1n) is 4.92. The Kier molecular flexibility index (Phi) is 7.35. The number of carbonyl (C=O) groups is 1. The van der Waals surface area contributed by atoms with Crippen LogP contribution in [0.5, 0.6) is 0 Å². The van der Waals surface area contributed by atoms with E-state index in [-0.39, 0.29) is 18.0 Å². The molecule has 0 spiro atoms. The van der Waals surface area contributed by atoms with Gasteiger partial charge < -0.3 is 21.5 Å². The van der Waals surface area contributed by atoms with Gasteiger partial charge in [-0.05, 0) is 26.3 Å². The van der Waals surface area contributed by atoms with Crippen molar-refractivity contribution < 1.29 is 9.53 Å². The van der Waals surface area contributed by atoms with Gasteiger partial charge >= 0.3 is 5.97 Å². The molecular formula is C9H20N4O2. The maximum absolute atomic E-state index is 11.2. The Morgan fingerprint density at radius 3 is 2.60 bits per heavy atom. The van der Waals surface area contributed by atoms with E-state index >= 15 is 0 Å². The van der Waals surface area contributed by atoms with Crippen molar-refractivity contribution in [1.82, 2.24) is 5.32 Å². The van der Waals surface area contributed by atoms with Crippen LogP contribution in [-0.2, 0) is 9.53 Å². The number of esters is 1. The number of unbranched alkanes of at least 4 members (excludes halogenated alkanes) is 1. The minimum atomic E-state index is -0.241. The van der Waals surface area contributed by atoms with Gasteiger partial charge in [-0.1, -0.05) is 0 Å². The summed E-state index contributed by atoms with van der Waals surface area (Å²) in [6, 6.07) is -0.241. The van der Waals surface area contributed by atoms with E-state index in [1.165, 1.54) is 7.11 Å². The number of carbonyl (C=O) groups excluding carboxylic acids is 1. The number of rotatable bonds is 7. The summed E-state index contributed by atoms with van der Waals surface area (Å²) in [5.74, 6) is -0.132. The monoisotopic (exact) mass is 216 g/mol.